The van der Waals surface area contributed by atoms with Gasteiger partial charge in [0.05, 0.1) is 6.54 Å². The van der Waals surface area contributed by atoms with Gasteiger partial charge in [-0.25, -0.2) is 0 Å². The van der Waals surface area contributed by atoms with Gasteiger partial charge in [0.2, 0.25) is 11.8 Å². The summed E-state index contributed by atoms with van der Waals surface area (Å²) < 4.78 is 0. The molecule has 1 saturated carbocycles. The molecule has 5 heteroatoms. The number of nitrogens with one attached hydrogen (secondary N) is 1. The van der Waals surface area contributed by atoms with Gasteiger partial charge in [-0.15, -0.1) is 0 Å². The molecule has 158 valence electrons. The quantitative estimate of drug-likeness (QED) is 0.792. The molecule has 1 saturated heterocycles. The fourth-order valence-electron chi connectivity index (χ4n) is 5.25. The monoisotopic (exact) mass is 397 g/mol. The van der Waals surface area contributed by atoms with Crippen molar-refractivity contribution in [3.05, 3.63) is 35.4 Å². The molecule has 5 nitrogen and oxygen atoms in total. The second-order valence-electron chi connectivity index (χ2n) is 8.96. The smallest absolute Gasteiger partial charge is 0.244 e. The molecule has 2 heterocycles. The van der Waals surface area contributed by atoms with Gasteiger partial charge < -0.3 is 10.2 Å². The van der Waals surface area contributed by atoms with Crippen LogP contribution in [0, 0.1) is 0 Å². The average molecular weight is 398 g/mol. The first kappa shape index (κ1) is 20.4. The second-order valence-corrected chi connectivity index (χ2v) is 8.96. The fraction of sp³-hybridized carbons (Fsp3) is 0.667. The first-order valence-electron chi connectivity index (χ1n) is 11.6. The average Bonchev–Trinajstić information content (AvgIpc) is 3.02. The molecule has 2 aliphatic heterocycles. The summed E-state index contributed by atoms with van der Waals surface area (Å²) in [5.41, 5.74) is 2.35. The van der Waals surface area contributed by atoms with Gasteiger partial charge in [0, 0.05) is 25.7 Å². The molecule has 29 heavy (non-hydrogen) atoms. The van der Waals surface area contributed by atoms with Crippen LogP contribution in [0.1, 0.15) is 75.0 Å². The summed E-state index contributed by atoms with van der Waals surface area (Å²) in [6.07, 6.45) is 11.4. The maximum absolute atomic E-state index is 13.5. The van der Waals surface area contributed by atoms with Crippen LogP contribution in [0.4, 0.5) is 0 Å². The molecular formula is C24H35N3O2. The van der Waals surface area contributed by atoms with Crippen molar-refractivity contribution >= 4 is 11.8 Å². The van der Waals surface area contributed by atoms with Crippen LogP contribution in [0.5, 0.6) is 0 Å². The molecule has 0 radical (unpaired) electrons. The summed E-state index contributed by atoms with van der Waals surface area (Å²) >= 11 is 0. The number of nitrogens with zero attached hydrogens (tertiary/aromatic N) is 2. The maximum atomic E-state index is 13.5. The fourth-order valence-corrected chi connectivity index (χ4v) is 5.25. The Morgan fingerprint density at radius 2 is 1.59 bits per heavy atom. The lowest BCUT2D eigenvalue weighted by molar-refractivity contribution is -0.139. The van der Waals surface area contributed by atoms with Gasteiger partial charge in [-0.3, -0.25) is 14.5 Å². The van der Waals surface area contributed by atoms with E-state index in [2.05, 4.69) is 28.4 Å². The number of rotatable bonds is 4. The van der Waals surface area contributed by atoms with Gasteiger partial charge in [-0.05, 0) is 49.7 Å². The van der Waals surface area contributed by atoms with Crippen molar-refractivity contribution in [3.8, 4) is 0 Å². The van der Waals surface area contributed by atoms with Crippen LogP contribution in [-0.2, 0) is 16.0 Å². The number of hydrogen-bond donors (Lipinski definition) is 1. The first-order chi connectivity index (χ1) is 14.2. The summed E-state index contributed by atoms with van der Waals surface area (Å²) in [7, 11) is 0. The number of carbonyl (C=O) groups excluding carboxylic acids is 2. The zero-order valence-corrected chi connectivity index (χ0v) is 17.6. The van der Waals surface area contributed by atoms with Crippen LogP contribution in [0.15, 0.2) is 24.3 Å². The van der Waals surface area contributed by atoms with E-state index in [1.807, 2.05) is 11.0 Å². The molecule has 1 aromatic rings. The highest BCUT2D eigenvalue weighted by atomic mass is 16.2. The van der Waals surface area contributed by atoms with Gasteiger partial charge in [0.25, 0.3) is 0 Å². The molecule has 0 unspecified atom stereocenters. The zero-order valence-electron chi connectivity index (χ0n) is 17.6. The summed E-state index contributed by atoms with van der Waals surface area (Å²) in [5.74, 6) is 0.256. The van der Waals surface area contributed by atoms with E-state index in [4.69, 9.17) is 0 Å². The van der Waals surface area contributed by atoms with Crippen molar-refractivity contribution in [2.75, 3.05) is 26.2 Å². The van der Waals surface area contributed by atoms with Crippen molar-refractivity contribution in [3.63, 3.8) is 0 Å². The van der Waals surface area contributed by atoms with Crippen LogP contribution in [0.25, 0.3) is 0 Å². The molecular weight excluding hydrogens is 362 g/mol. The molecule has 0 spiro atoms. The Kier molecular flexibility index (Phi) is 6.86. The van der Waals surface area contributed by atoms with Crippen LogP contribution >= 0.6 is 0 Å². The number of amides is 2. The number of carbonyl (C=O) groups is 2. The van der Waals surface area contributed by atoms with Gasteiger partial charge >= 0.3 is 0 Å². The van der Waals surface area contributed by atoms with E-state index in [0.29, 0.717) is 12.6 Å². The molecule has 1 aromatic carbocycles. The van der Waals surface area contributed by atoms with E-state index >= 15 is 0 Å². The van der Waals surface area contributed by atoms with Gasteiger partial charge in [0.15, 0.2) is 0 Å². The van der Waals surface area contributed by atoms with E-state index < -0.39 is 0 Å². The van der Waals surface area contributed by atoms with Crippen molar-refractivity contribution in [2.24, 2.45) is 0 Å². The van der Waals surface area contributed by atoms with Crippen LogP contribution in [0.2, 0.25) is 0 Å². The standard InChI is InChI=1S/C24H35N3O2/c28-22(25-20-11-4-1-2-5-12-20)18-27-17-14-19-10-6-7-13-21(19)23(27)24(29)26-15-8-3-9-16-26/h6-7,10,13,20,23H,1-5,8-9,11-12,14-18H2,(H,25,28)/t23-/m1/s1. The molecule has 1 N–H and O–H groups in total. The second kappa shape index (κ2) is 9.75. The molecule has 0 bridgehead atoms. The molecule has 4 rings (SSSR count). The molecule has 1 atom stereocenters. The summed E-state index contributed by atoms with van der Waals surface area (Å²) in [5, 5.41) is 3.26. The highest BCUT2D eigenvalue weighted by Gasteiger charge is 2.36. The summed E-state index contributed by atoms with van der Waals surface area (Å²) in [6, 6.07) is 8.27. The minimum Gasteiger partial charge on any atom is -0.352 e. The van der Waals surface area contributed by atoms with Gasteiger partial charge in [-0.1, -0.05) is 49.9 Å². The minimum atomic E-state index is -0.321. The maximum Gasteiger partial charge on any atom is 0.244 e. The molecule has 2 fully saturated rings. The normalized spacial score (nSPS) is 23.9. The van der Waals surface area contributed by atoms with E-state index in [0.717, 1.165) is 57.3 Å². The van der Waals surface area contributed by atoms with Crippen LogP contribution in [-0.4, -0.2) is 53.8 Å². The largest absolute Gasteiger partial charge is 0.352 e. The summed E-state index contributed by atoms with van der Waals surface area (Å²) in [6.45, 7) is 2.77. The third-order valence-corrected chi connectivity index (χ3v) is 6.85. The van der Waals surface area contributed by atoms with E-state index in [1.165, 1.54) is 37.7 Å². The van der Waals surface area contributed by atoms with E-state index in [9.17, 15) is 9.59 Å². The highest BCUT2D eigenvalue weighted by molar-refractivity contribution is 5.85. The number of hydrogen-bond acceptors (Lipinski definition) is 3. The van der Waals surface area contributed by atoms with E-state index in [1.54, 1.807) is 0 Å². The lowest BCUT2D eigenvalue weighted by Crippen LogP contribution is -2.51. The lowest BCUT2D eigenvalue weighted by Gasteiger charge is -2.39. The molecule has 2 amide bonds. The third kappa shape index (κ3) is 5.00. The first-order valence-corrected chi connectivity index (χ1v) is 11.6. The Morgan fingerprint density at radius 1 is 0.897 bits per heavy atom. The van der Waals surface area contributed by atoms with Crippen molar-refractivity contribution in [2.45, 2.75) is 76.3 Å². The number of benzene rings is 1. The molecule has 3 aliphatic rings. The van der Waals surface area contributed by atoms with Crippen molar-refractivity contribution in [1.29, 1.82) is 0 Å². The Hall–Kier alpha value is -1.88. The van der Waals surface area contributed by atoms with Gasteiger partial charge in [-0.2, -0.15) is 0 Å². The lowest BCUT2D eigenvalue weighted by atomic mass is 9.91. The number of likely N-dealkylation sites (tertiary alicyclic amines) is 1. The van der Waals surface area contributed by atoms with Crippen LogP contribution in [0.3, 0.4) is 0 Å². The SMILES string of the molecule is O=C(CN1CCc2ccccc2[C@@H]1C(=O)N1CCCCC1)NC1CCCCCC1. The molecule has 1 aliphatic carbocycles. The van der Waals surface area contributed by atoms with Crippen molar-refractivity contribution < 1.29 is 9.59 Å². The Bertz CT molecular complexity index is 706. The Morgan fingerprint density at radius 3 is 2.34 bits per heavy atom. The number of fused-ring (bicyclic) bond motifs is 1. The predicted octanol–water partition coefficient (Wildman–Crippen LogP) is 3.44. The van der Waals surface area contributed by atoms with Crippen molar-refractivity contribution in [1.82, 2.24) is 15.1 Å². The molecule has 0 aromatic heterocycles. The highest BCUT2D eigenvalue weighted by Crippen LogP contribution is 2.32. The minimum absolute atomic E-state index is 0.0766. The predicted molar refractivity (Wildman–Crippen MR) is 115 cm³/mol. The Labute approximate surface area is 174 Å². The Balaban J connectivity index is 1.48. The third-order valence-electron chi connectivity index (χ3n) is 6.85. The zero-order chi connectivity index (χ0) is 20.1. The van der Waals surface area contributed by atoms with Gasteiger partial charge in [0.1, 0.15) is 6.04 Å². The van der Waals surface area contributed by atoms with Crippen LogP contribution < -0.4 is 5.32 Å². The summed E-state index contributed by atoms with van der Waals surface area (Å²) in [4.78, 5) is 30.5. The van der Waals surface area contributed by atoms with E-state index in [-0.39, 0.29) is 17.9 Å². The topological polar surface area (TPSA) is 52.7 Å². The number of piperidine rings is 1.